The van der Waals surface area contributed by atoms with Crippen molar-refractivity contribution in [1.29, 1.82) is 0 Å². The third-order valence-electron chi connectivity index (χ3n) is 3.20. The molecule has 2 aliphatic rings. The van der Waals surface area contributed by atoms with Crippen molar-refractivity contribution >= 4 is 32.2 Å². The smallest absolute Gasteiger partial charge is 0.341 e. The molecule has 3 rings (SSSR count). The van der Waals surface area contributed by atoms with Crippen molar-refractivity contribution in [3.8, 4) is 0 Å². The number of esters is 1. The average Bonchev–Trinajstić information content (AvgIpc) is 2.58. The summed E-state index contributed by atoms with van der Waals surface area (Å²) in [7, 11) is 0. The lowest BCUT2D eigenvalue weighted by molar-refractivity contribution is -0.147. The highest BCUT2D eigenvalue weighted by molar-refractivity contribution is 9.15. The van der Waals surface area contributed by atoms with Gasteiger partial charge >= 0.3 is 11.8 Å². The highest BCUT2D eigenvalue weighted by Gasteiger charge is 2.58. The van der Waals surface area contributed by atoms with Crippen LogP contribution >= 0.6 is 15.9 Å². The summed E-state index contributed by atoms with van der Waals surface area (Å²) in [6, 6.07) is 7.11. The average molecular weight is 323 g/mol. The van der Waals surface area contributed by atoms with Crippen LogP contribution in [0.4, 0.5) is 0 Å². The topological polar surface area (TPSA) is 52.6 Å². The molecule has 0 amide bonds. The number of carbonyl (C=O) groups excluding carboxylic acids is 2. The number of hydrogen-bond acceptors (Lipinski definition) is 4. The number of rotatable bonds is 0. The first-order valence-corrected chi connectivity index (χ1v) is 6.61. The Balaban J connectivity index is 2.16. The van der Waals surface area contributed by atoms with Gasteiger partial charge in [0, 0.05) is 16.1 Å². The van der Waals surface area contributed by atoms with Gasteiger partial charge in [0.1, 0.15) is 0 Å². The van der Waals surface area contributed by atoms with Crippen LogP contribution in [0.5, 0.6) is 0 Å². The molecule has 1 spiro atoms. The van der Waals surface area contributed by atoms with Crippen LogP contribution in [-0.2, 0) is 14.3 Å². The Morgan fingerprint density at radius 1 is 1.11 bits per heavy atom. The van der Waals surface area contributed by atoms with Gasteiger partial charge in [-0.15, -0.1) is 0 Å². The fourth-order valence-corrected chi connectivity index (χ4v) is 2.89. The van der Waals surface area contributed by atoms with Gasteiger partial charge in [-0.25, -0.2) is 4.79 Å². The van der Waals surface area contributed by atoms with Crippen LogP contribution in [0.1, 0.15) is 29.8 Å². The summed E-state index contributed by atoms with van der Waals surface area (Å²) in [6.07, 6.45) is 1.50. The van der Waals surface area contributed by atoms with E-state index in [-0.39, 0.29) is 5.78 Å². The number of halogens is 1. The Bertz CT molecular complexity index is 632. The van der Waals surface area contributed by atoms with Crippen molar-refractivity contribution in [2.24, 2.45) is 0 Å². The van der Waals surface area contributed by atoms with E-state index in [2.05, 4.69) is 15.9 Å². The monoisotopic (exact) mass is 322 g/mol. The van der Waals surface area contributed by atoms with E-state index >= 15 is 0 Å². The van der Waals surface area contributed by atoms with Crippen molar-refractivity contribution < 1.29 is 19.1 Å². The SMILES string of the molecule is CC1(C)O[C@@]2(C=C(Br)c3ccccc3C2=O)OC1=O. The molecule has 1 heterocycles. The third kappa shape index (κ3) is 1.69. The standard InChI is InChI=1S/C14H11BrO4/c1-13(2)12(17)18-14(19-13)7-10(15)8-5-3-4-6-9(8)11(14)16/h3-7H,1-2H3/t14-/m1/s1. The van der Waals surface area contributed by atoms with Crippen molar-refractivity contribution in [3.63, 3.8) is 0 Å². The summed E-state index contributed by atoms with van der Waals surface area (Å²) >= 11 is 3.39. The number of hydrogen-bond donors (Lipinski definition) is 0. The summed E-state index contributed by atoms with van der Waals surface area (Å²) < 4.78 is 11.5. The fraction of sp³-hybridized carbons (Fsp3) is 0.286. The third-order valence-corrected chi connectivity index (χ3v) is 3.86. The maximum atomic E-state index is 12.6. The summed E-state index contributed by atoms with van der Waals surface area (Å²) in [5.74, 6) is -2.55. The van der Waals surface area contributed by atoms with E-state index in [0.717, 1.165) is 5.56 Å². The van der Waals surface area contributed by atoms with Crippen molar-refractivity contribution in [2.45, 2.75) is 25.2 Å². The normalized spacial score (nSPS) is 28.1. The number of Topliss-reactive ketones (excluding diaryl/α,β-unsaturated/α-hetero) is 1. The van der Waals surface area contributed by atoms with Gasteiger partial charge in [-0.3, -0.25) is 4.79 Å². The summed E-state index contributed by atoms with van der Waals surface area (Å²) in [5, 5.41) is 0. The van der Waals surface area contributed by atoms with Gasteiger partial charge in [0.25, 0.3) is 0 Å². The predicted molar refractivity (Wildman–Crippen MR) is 71.7 cm³/mol. The second-order valence-electron chi connectivity index (χ2n) is 5.04. The Morgan fingerprint density at radius 3 is 2.32 bits per heavy atom. The quantitative estimate of drug-likeness (QED) is 0.689. The summed E-state index contributed by atoms with van der Waals surface area (Å²) in [5.41, 5.74) is 0.107. The molecule has 1 aromatic carbocycles. The van der Waals surface area contributed by atoms with E-state index in [9.17, 15) is 9.59 Å². The molecule has 0 bridgehead atoms. The van der Waals surface area contributed by atoms with Gasteiger partial charge in [0.15, 0.2) is 5.60 Å². The molecule has 1 saturated heterocycles. The zero-order valence-electron chi connectivity index (χ0n) is 10.4. The van der Waals surface area contributed by atoms with E-state index < -0.39 is 17.4 Å². The molecule has 5 heteroatoms. The molecule has 1 aromatic rings. The first kappa shape index (κ1) is 12.6. The highest BCUT2D eigenvalue weighted by atomic mass is 79.9. The van der Waals surface area contributed by atoms with Gasteiger partial charge in [0.2, 0.25) is 5.78 Å². The van der Waals surface area contributed by atoms with E-state index in [1.54, 1.807) is 26.0 Å². The zero-order valence-corrected chi connectivity index (χ0v) is 12.0. The maximum absolute atomic E-state index is 12.6. The second-order valence-corrected chi connectivity index (χ2v) is 5.89. The molecule has 0 N–H and O–H groups in total. The van der Waals surface area contributed by atoms with Gasteiger partial charge in [0.05, 0.1) is 0 Å². The number of fused-ring (bicyclic) bond motifs is 1. The number of carbonyl (C=O) groups is 2. The van der Waals surface area contributed by atoms with E-state index in [1.165, 1.54) is 6.08 Å². The van der Waals surface area contributed by atoms with Crippen LogP contribution in [0, 0.1) is 0 Å². The maximum Gasteiger partial charge on any atom is 0.341 e. The number of ketones is 1. The van der Waals surface area contributed by atoms with Gasteiger partial charge < -0.3 is 9.47 Å². The molecule has 1 fully saturated rings. The van der Waals surface area contributed by atoms with E-state index in [1.807, 2.05) is 12.1 Å². The molecule has 1 atom stereocenters. The fourth-order valence-electron chi connectivity index (χ4n) is 2.24. The van der Waals surface area contributed by atoms with Gasteiger partial charge in [-0.1, -0.05) is 40.2 Å². The Labute approximate surface area is 118 Å². The Kier molecular flexibility index (Phi) is 2.50. The molecular weight excluding hydrogens is 312 g/mol. The lowest BCUT2D eigenvalue weighted by Crippen LogP contribution is -2.42. The largest absolute Gasteiger partial charge is 0.419 e. The van der Waals surface area contributed by atoms with Crippen molar-refractivity contribution in [3.05, 3.63) is 41.5 Å². The molecule has 98 valence electrons. The molecule has 0 unspecified atom stereocenters. The molecular formula is C14H11BrO4. The van der Waals surface area contributed by atoms with E-state index in [0.29, 0.717) is 10.0 Å². The minimum atomic E-state index is -1.65. The molecule has 4 nitrogen and oxygen atoms in total. The molecule has 1 aliphatic heterocycles. The molecule has 0 aromatic heterocycles. The first-order chi connectivity index (χ1) is 8.86. The first-order valence-electron chi connectivity index (χ1n) is 5.82. The Hall–Kier alpha value is -1.46. The second kappa shape index (κ2) is 3.77. The molecule has 1 aliphatic carbocycles. The lowest BCUT2D eigenvalue weighted by atomic mass is 9.92. The van der Waals surface area contributed by atoms with Gasteiger partial charge in [-0.05, 0) is 19.4 Å². The minimum Gasteiger partial charge on any atom is -0.419 e. The van der Waals surface area contributed by atoms with Crippen LogP contribution in [0.2, 0.25) is 0 Å². The Morgan fingerprint density at radius 2 is 1.74 bits per heavy atom. The van der Waals surface area contributed by atoms with E-state index in [4.69, 9.17) is 9.47 Å². The summed E-state index contributed by atoms with van der Waals surface area (Å²) in [4.78, 5) is 24.3. The number of benzene rings is 1. The van der Waals surface area contributed by atoms with Crippen LogP contribution < -0.4 is 0 Å². The number of ether oxygens (including phenoxy) is 2. The van der Waals surface area contributed by atoms with Crippen LogP contribution in [-0.4, -0.2) is 23.1 Å². The molecule has 0 radical (unpaired) electrons. The van der Waals surface area contributed by atoms with Crippen LogP contribution in [0.3, 0.4) is 0 Å². The van der Waals surface area contributed by atoms with Crippen molar-refractivity contribution in [2.75, 3.05) is 0 Å². The molecule has 19 heavy (non-hydrogen) atoms. The van der Waals surface area contributed by atoms with Crippen LogP contribution in [0.15, 0.2) is 30.3 Å². The zero-order chi connectivity index (χ0) is 13.8. The predicted octanol–water partition coefficient (Wildman–Crippen LogP) is 2.67. The van der Waals surface area contributed by atoms with Gasteiger partial charge in [-0.2, -0.15) is 0 Å². The van der Waals surface area contributed by atoms with Crippen molar-refractivity contribution in [1.82, 2.24) is 0 Å². The molecule has 0 saturated carbocycles. The lowest BCUT2D eigenvalue weighted by Gasteiger charge is -2.28. The summed E-state index contributed by atoms with van der Waals surface area (Å²) in [6.45, 7) is 3.17. The highest BCUT2D eigenvalue weighted by Crippen LogP contribution is 2.43. The van der Waals surface area contributed by atoms with Crippen LogP contribution in [0.25, 0.3) is 4.48 Å². The minimum absolute atomic E-state index is 0.356.